The van der Waals surface area contributed by atoms with Gasteiger partial charge in [0, 0.05) is 10.7 Å². The lowest BCUT2D eigenvalue weighted by molar-refractivity contribution is 1.37. The zero-order chi connectivity index (χ0) is 8.27. The highest BCUT2D eigenvalue weighted by Crippen LogP contribution is 2.09. The van der Waals surface area contributed by atoms with Crippen LogP contribution in [0, 0.1) is 0 Å². The van der Waals surface area contributed by atoms with Gasteiger partial charge in [0.25, 0.3) is 0 Å². The van der Waals surface area contributed by atoms with Gasteiger partial charge in [-0.25, -0.2) is 0 Å². The molecule has 0 atom stereocenters. The quantitative estimate of drug-likeness (QED) is 0.573. The number of halogens is 2. The third-order valence-electron chi connectivity index (χ3n) is 1.38. The molecular formula is C8H7BBr2. The Balaban J connectivity index is 3.02. The summed E-state index contributed by atoms with van der Waals surface area (Å²) in [6.45, 7) is 0. The third-order valence-corrected chi connectivity index (χ3v) is 2.68. The first kappa shape index (κ1) is 9.33. The minimum atomic E-state index is 0.830. The summed E-state index contributed by atoms with van der Waals surface area (Å²) in [5.74, 6) is 0. The number of benzene rings is 1. The first-order chi connectivity index (χ1) is 5.26. The molecule has 56 valence electrons. The monoisotopic (exact) mass is 272 g/mol. The predicted octanol–water partition coefficient (Wildman–Crippen LogP) is 2.27. The van der Waals surface area contributed by atoms with Crippen LogP contribution in [-0.4, -0.2) is 7.85 Å². The van der Waals surface area contributed by atoms with E-state index in [4.69, 9.17) is 7.85 Å². The molecule has 0 bridgehead atoms. The molecule has 0 fully saturated rings. The van der Waals surface area contributed by atoms with Gasteiger partial charge in [0.1, 0.15) is 7.85 Å². The average molecular weight is 274 g/mol. The highest BCUT2D eigenvalue weighted by atomic mass is 79.9. The molecule has 2 radical (unpaired) electrons. The Labute approximate surface area is 85.0 Å². The van der Waals surface area contributed by atoms with E-state index in [0.717, 1.165) is 16.1 Å². The van der Waals surface area contributed by atoms with Gasteiger partial charge in [0.05, 0.1) is 0 Å². The summed E-state index contributed by atoms with van der Waals surface area (Å²) >= 11 is 6.77. The van der Waals surface area contributed by atoms with Gasteiger partial charge in [-0.15, -0.1) is 0 Å². The minimum Gasteiger partial charge on any atom is -0.0961 e. The fraction of sp³-hybridized carbons (Fsp3) is 0.250. The van der Waals surface area contributed by atoms with Crippen molar-refractivity contribution in [2.45, 2.75) is 10.7 Å². The van der Waals surface area contributed by atoms with Crippen molar-refractivity contribution < 1.29 is 0 Å². The predicted molar refractivity (Wildman–Crippen MR) is 57.1 cm³/mol. The summed E-state index contributed by atoms with van der Waals surface area (Å²) in [6.07, 6.45) is 0. The first-order valence-electron chi connectivity index (χ1n) is 3.26. The van der Waals surface area contributed by atoms with Crippen molar-refractivity contribution in [1.29, 1.82) is 0 Å². The number of hydrogen-bond acceptors (Lipinski definition) is 0. The van der Waals surface area contributed by atoms with E-state index in [0.29, 0.717) is 0 Å². The lowest BCUT2D eigenvalue weighted by Gasteiger charge is -2.02. The van der Waals surface area contributed by atoms with E-state index in [9.17, 15) is 0 Å². The summed E-state index contributed by atoms with van der Waals surface area (Å²) in [6, 6.07) is 6.07. The second-order valence-electron chi connectivity index (χ2n) is 2.35. The molecule has 1 aromatic carbocycles. The molecular weight excluding hydrogens is 267 g/mol. The molecule has 3 heteroatoms. The molecule has 0 aromatic heterocycles. The van der Waals surface area contributed by atoms with Gasteiger partial charge >= 0.3 is 0 Å². The van der Waals surface area contributed by atoms with E-state index < -0.39 is 0 Å². The Morgan fingerprint density at radius 2 is 1.45 bits per heavy atom. The summed E-state index contributed by atoms with van der Waals surface area (Å²) in [7, 11) is 5.67. The normalized spacial score (nSPS) is 10.0. The molecule has 1 rings (SSSR count). The van der Waals surface area contributed by atoms with Crippen LogP contribution in [0.25, 0.3) is 0 Å². The zero-order valence-corrected chi connectivity index (χ0v) is 9.15. The molecule has 0 spiro atoms. The standard InChI is InChI=1S/C8H7BBr2/c9-8-2-6(4-10)1-7(3-8)5-11/h1-3H,4-5H2. The molecule has 0 aliphatic heterocycles. The van der Waals surface area contributed by atoms with E-state index in [1.54, 1.807) is 0 Å². The lowest BCUT2D eigenvalue weighted by atomic mass is 9.93. The second-order valence-corrected chi connectivity index (χ2v) is 3.47. The van der Waals surface area contributed by atoms with Crippen LogP contribution in [0.5, 0.6) is 0 Å². The van der Waals surface area contributed by atoms with Crippen molar-refractivity contribution >= 4 is 45.2 Å². The van der Waals surface area contributed by atoms with Gasteiger partial charge in [-0.1, -0.05) is 55.5 Å². The van der Waals surface area contributed by atoms with E-state index >= 15 is 0 Å². The maximum atomic E-state index is 5.67. The zero-order valence-electron chi connectivity index (χ0n) is 5.98. The highest BCUT2D eigenvalue weighted by molar-refractivity contribution is 9.08. The number of rotatable bonds is 2. The van der Waals surface area contributed by atoms with Gasteiger partial charge in [0.15, 0.2) is 0 Å². The Morgan fingerprint density at radius 1 is 1.00 bits per heavy atom. The van der Waals surface area contributed by atoms with Crippen molar-refractivity contribution in [3.63, 3.8) is 0 Å². The maximum Gasteiger partial charge on any atom is 0.113 e. The van der Waals surface area contributed by atoms with Crippen LogP contribution in [0.15, 0.2) is 18.2 Å². The molecule has 0 aliphatic carbocycles. The lowest BCUT2D eigenvalue weighted by Crippen LogP contribution is -2.04. The van der Waals surface area contributed by atoms with E-state index in [1.807, 2.05) is 12.1 Å². The van der Waals surface area contributed by atoms with Gasteiger partial charge in [0.2, 0.25) is 0 Å². The fourth-order valence-electron chi connectivity index (χ4n) is 0.946. The van der Waals surface area contributed by atoms with Gasteiger partial charge < -0.3 is 0 Å². The Hall–Kier alpha value is 0.245. The van der Waals surface area contributed by atoms with Gasteiger partial charge in [-0.05, 0) is 11.1 Å². The van der Waals surface area contributed by atoms with Crippen molar-refractivity contribution in [2.75, 3.05) is 0 Å². The SMILES string of the molecule is [B]c1cc(CBr)cc(CBr)c1. The van der Waals surface area contributed by atoms with Crippen LogP contribution >= 0.6 is 31.9 Å². The molecule has 0 unspecified atom stereocenters. The Kier molecular flexibility index (Phi) is 3.66. The van der Waals surface area contributed by atoms with E-state index in [2.05, 4.69) is 37.9 Å². The molecule has 0 saturated carbocycles. The summed E-state index contributed by atoms with van der Waals surface area (Å²) in [5, 5.41) is 1.72. The minimum absolute atomic E-state index is 0.830. The van der Waals surface area contributed by atoms with E-state index in [-0.39, 0.29) is 0 Å². The Bertz CT molecular complexity index is 226. The van der Waals surface area contributed by atoms with E-state index in [1.165, 1.54) is 11.1 Å². The third kappa shape index (κ3) is 2.64. The van der Waals surface area contributed by atoms with Gasteiger partial charge in [-0.2, -0.15) is 0 Å². The maximum absolute atomic E-state index is 5.67. The van der Waals surface area contributed by atoms with Crippen LogP contribution in [0.1, 0.15) is 11.1 Å². The fourth-order valence-corrected chi connectivity index (χ4v) is 1.59. The molecule has 0 nitrogen and oxygen atoms in total. The molecule has 0 saturated heterocycles. The van der Waals surface area contributed by atoms with Crippen molar-refractivity contribution in [1.82, 2.24) is 0 Å². The topological polar surface area (TPSA) is 0 Å². The molecule has 0 aliphatic rings. The van der Waals surface area contributed by atoms with Crippen LogP contribution in [0.2, 0.25) is 0 Å². The first-order valence-corrected chi connectivity index (χ1v) is 5.51. The van der Waals surface area contributed by atoms with Crippen LogP contribution in [-0.2, 0) is 10.7 Å². The van der Waals surface area contributed by atoms with Crippen LogP contribution < -0.4 is 5.46 Å². The van der Waals surface area contributed by atoms with Crippen LogP contribution in [0.3, 0.4) is 0 Å². The smallest absolute Gasteiger partial charge is 0.0961 e. The largest absolute Gasteiger partial charge is 0.113 e. The average Bonchev–Trinajstić information content (AvgIpc) is 2.03. The highest BCUT2D eigenvalue weighted by Gasteiger charge is 1.95. The Morgan fingerprint density at radius 3 is 1.82 bits per heavy atom. The summed E-state index contributed by atoms with van der Waals surface area (Å²) < 4.78 is 0. The van der Waals surface area contributed by atoms with Crippen molar-refractivity contribution in [3.05, 3.63) is 29.3 Å². The molecule has 11 heavy (non-hydrogen) atoms. The van der Waals surface area contributed by atoms with Gasteiger partial charge in [-0.3, -0.25) is 0 Å². The number of hydrogen-bond donors (Lipinski definition) is 0. The van der Waals surface area contributed by atoms with Crippen molar-refractivity contribution in [3.8, 4) is 0 Å². The second kappa shape index (κ2) is 4.32. The summed E-state index contributed by atoms with van der Waals surface area (Å²) in [4.78, 5) is 0. The molecule has 1 aromatic rings. The molecule has 0 amide bonds. The van der Waals surface area contributed by atoms with Crippen molar-refractivity contribution in [2.24, 2.45) is 0 Å². The summed E-state index contributed by atoms with van der Waals surface area (Å²) in [5.41, 5.74) is 3.27. The van der Waals surface area contributed by atoms with Crippen LogP contribution in [0.4, 0.5) is 0 Å². The molecule has 0 N–H and O–H groups in total. The molecule has 0 heterocycles. The number of alkyl halides is 2.